The first-order valence-corrected chi connectivity index (χ1v) is 6.95. The van der Waals surface area contributed by atoms with Crippen molar-refractivity contribution in [3.05, 3.63) is 22.2 Å². The van der Waals surface area contributed by atoms with Crippen molar-refractivity contribution in [3.63, 3.8) is 0 Å². The summed E-state index contributed by atoms with van der Waals surface area (Å²) >= 11 is 0. The molecule has 0 bridgehead atoms. The number of rotatable bonds is 4. The maximum absolute atomic E-state index is 11.1. The van der Waals surface area contributed by atoms with Crippen molar-refractivity contribution in [1.29, 1.82) is 0 Å². The Kier molecular flexibility index (Phi) is 3.64. The fourth-order valence-corrected chi connectivity index (χ4v) is 3.08. The number of pyridine rings is 1. The third kappa shape index (κ3) is 2.40. The Morgan fingerprint density at radius 3 is 3.10 bits per heavy atom. The van der Waals surface area contributed by atoms with Crippen LogP contribution in [0.2, 0.25) is 0 Å². The minimum absolute atomic E-state index is 0.00125. The summed E-state index contributed by atoms with van der Waals surface area (Å²) in [4.78, 5) is 14.7. The van der Waals surface area contributed by atoms with Gasteiger partial charge in [0.05, 0.1) is 24.2 Å². The quantitative estimate of drug-likeness (QED) is 0.627. The van der Waals surface area contributed by atoms with Crippen molar-refractivity contribution in [2.75, 3.05) is 19.0 Å². The van der Waals surface area contributed by atoms with Crippen LogP contribution < -0.4 is 15.8 Å². The lowest BCUT2D eigenvalue weighted by atomic mass is 9.68. The van der Waals surface area contributed by atoms with Gasteiger partial charge in [0.15, 0.2) is 0 Å². The molecule has 1 aliphatic carbocycles. The van der Waals surface area contributed by atoms with Crippen LogP contribution >= 0.6 is 0 Å². The zero-order valence-corrected chi connectivity index (χ0v) is 11.7. The standard InChI is InChI=1S/C13H18N4O4/c1-20-9-5-4-8(17(18)19)13(15-9)16-11-10(14)7-3-2-6-21-12(7)11/h4-5,7,10-12H,2-3,6,14H2,1H3,(H,15,16). The minimum Gasteiger partial charge on any atom is -0.481 e. The van der Waals surface area contributed by atoms with Gasteiger partial charge in [-0.3, -0.25) is 10.1 Å². The third-order valence-electron chi connectivity index (χ3n) is 4.23. The maximum atomic E-state index is 11.1. The Morgan fingerprint density at radius 2 is 2.38 bits per heavy atom. The molecule has 8 heteroatoms. The summed E-state index contributed by atoms with van der Waals surface area (Å²) in [6, 6.07) is 2.60. The number of nitrogens with one attached hydrogen (secondary N) is 1. The van der Waals surface area contributed by atoms with Crippen molar-refractivity contribution < 1.29 is 14.4 Å². The first-order valence-electron chi connectivity index (χ1n) is 6.95. The normalized spacial score (nSPS) is 31.0. The number of nitrogens with two attached hydrogens (primary N) is 1. The van der Waals surface area contributed by atoms with E-state index < -0.39 is 4.92 Å². The van der Waals surface area contributed by atoms with Crippen LogP contribution in [-0.4, -0.2) is 41.8 Å². The van der Waals surface area contributed by atoms with E-state index >= 15 is 0 Å². The first kappa shape index (κ1) is 14.0. The molecule has 114 valence electrons. The molecule has 8 nitrogen and oxygen atoms in total. The number of fused-ring (bicyclic) bond motifs is 1. The molecular weight excluding hydrogens is 276 g/mol. The molecule has 2 aliphatic rings. The van der Waals surface area contributed by atoms with Crippen molar-refractivity contribution >= 4 is 11.5 Å². The fraction of sp³-hybridized carbons (Fsp3) is 0.615. The molecule has 3 rings (SSSR count). The van der Waals surface area contributed by atoms with Gasteiger partial charge in [0, 0.05) is 30.7 Å². The minimum atomic E-state index is -0.474. The van der Waals surface area contributed by atoms with E-state index in [0.29, 0.717) is 18.4 Å². The van der Waals surface area contributed by atoms with Crippen molar-refractivity contribution in [1.82, 2.24) is 4.98 Å². The number of anilines is 1. The number of ether oxygens (including phenoxy) is 2. The molecule has 21 heavy (non-hydrogen) atoms. The average Bonchev–Trinajstić information content (AvgIpc) is 2.51. The summed E-state index contributed by atoms with van der Waals surface area (Å²) in [5, 5.41) is 14.2. The van der Waals surface area contributed by atoms with Crippen LogP contribution in [0.5, 0.6) is 5.88 Å². The largest absolute Gasteiger partial charge is 0.481 e. The molecule has 1 aromatic rings. The summed E-state index contributed by atoms with van der Waals surface area (Å²) in [6.45, 7) is 0.708. The van der Waals surface area contributed by atoms with E-state index in [1.807, 2.05) is 0 Å². The molecule has 0 aromatic carbocycles. The second kappa shape index (κ2) is 5.45. The van der Waals surface area contributed by atoms with Crippen LogP contribution in [0.15, 0.2) is 12.1 Å². The maximum Gasteiger partial charge on any atom is 0.311 e. The second-order valence-electron chi connectivity index (χ2n) is 5.37. The molecule has 0 radical (unpaired) electrons. The molecule has 1 saturated carbocycles. The Morgan fingerprint density at radius 1 is 1.57 bits per heavy atom. The van der Waals surface area contributed by atoms with E-state index in [1.165, 1.54) is 19.2 Å². The van der Waals surface area contributed by atoms with Crippen LogP contribution in [-0.2, 0) is 4.74 Å². The average molecular weight is 294 g/mol. The molecule has 1 aromatic heterocycles. The number of nitrogens with zero attached hydrogens (tertiary/aromatic N) is 2. The summed E-state index contributed by atoms with van der Waals surface area (Å²) in [5.74, 6) is 0.811. The molecule has 0 spiro atoms. The van der Waals surface area contributed by atoms with Gasteiger partial charge in [-0.1, -0.05) is 0 Å². The fourth-order valence-electron chi connectivity index (χ4n) is 3.08. The van der Waals surface area contributed by atoms with Gasteiger partial charge in [-0.2, -0.15) is 4.98 Å². The first-order chi connectivity index (χ1) is 10.1. The molecule has 3 N–H and O–H groups in total. The van der Waals surface area contributed by atoms with Crippen LogP contribution in [0, 0.1) is 16.0 Å². The monoisotopic (exact) mass is 294 g/mol. The lowest BCUT2D eigenvalue weighted by molar-refractivity contribution is -0.384. The molecular formula is C13H18N4O4. The highest BCUT2D eigenvalue weighted by Gasteiger charge is 2.51. The molecule has 4 atom stereocenters. The van der Waals surface area contributed by atoms with Crippen LogP contribution in [0.1, 0.15) is 12.8 Å². The van der Waals surface area contributed by atoms with E-state index in [2.05, 4.69) is 10.3 Å². The number of methoxy groups -OCH3 is 1. The van der Waals surface area contributed by atoms with Gasteiger partial charge >= 0.3 is 5.69 Å². The predicted molar refractivity (Wildman–Crippen MR) is 75.3 cm³/mol. The molecule has 1 aliphatic heterocycles. The highest BCUT2D eigenvalue weighted by molar-refractivity contribution is 5.58. The van der Waals surface area contributed by atoms with Crippen LogP contribution in [0.3, 0.4) is 0 Å². The molecule has 1 saturated heterocycles. The lowest BCUT2D eigenvalue weighted by Crippen LogP contribution is -2.69. The van der Waals surface area contributed by atoms with Crippen LogP contribution in [0.4, 0.5) is 11.5 Å². The second-order valence-corrected chi connectivity index (χ2v) is 5.37. The summed E-state index contributed by atoms with van der Waals surface area (Å²) in [5.41, 5.74) is 6.06. The van der Waals surface area contributed by atoms with Gasteiger partial charge in [0.2, 0.25) is 11.7 Å². The van der Waals surface area contributed by atoms with Gasteiger partial charge in [-0.15, -0.1) is 0 Å². The summed E-state index contributed by atoms with van der Waals surface area (Å²) in [6.07, 6.45) is 2.05. The van der Waals surface area contributed by atoms with E-state index in [4.69, 9.17) is 15.2 Å². The number of nitro groups is 1. The smallest absolute Gasteiger partial charge is 0.311 e. The van der Waals surface area contributed by atoms with Gasteiger partial charge < -0.3 is 20.5 Å². The van der Waals surface area contributed by atoms with E-state index in [0.717, 1.165) is 12.8 Å². The Labute approximate surface area is 121 Å². The topological polar surface area (TPSA) is 113 Å². The van der Waals surface area contributed by atoms with E-state index in [9.17, 15) is 10.1 Å². The number of hydrogen-bond acceptors (Lipinski definition) is 7. The number of aromatic nitrogens is 1. The van der Waals surface area contributed by atoms with Gasteiger partial charge in [0.25, 0.3) is 0 Å². The van der Waals surface area contributed by atoms with Crippen LogP contribution in [0.25, 0.3) is 0 Å². The van der Waals surface area contributed by atoms with Gasteiger partial charge in [-0.25, -0.2) is 0 Å². The SMILES string of the molecule is COc1ccc([N+](=O)[O-])c(NC2C(N)C3CCCOC32)n1. The zero-order valence-electron chi connectivity index (χ0n) is 11.7. The summed E-state index contributed by atoms with van der Waals surface area (Å²) in [7, 11) is 1.47. The lowest BCUT2D eigenvalue weighted by Gasteiger charge is -2.52. The van der Waals surface area contributed by atoms with Crippen molar-refractivity contribution in [2.45, 2.75) is 31.0 Å². The third-order valence-corrected chi connectivity index (χ3v) is 4.23. The zero-order chi connectivity index (χ0) is 15.0. The Bertz CT molecular complexity index is 553. The van der Waals surface area contributed by atoms with Gasteiger partial charge in [-0.05, 0) is 12.8 Å². The molecule has 2 fully saturated rings. The molecule has 0 amide bonds. The molecule has 4 unspecified atom stereocenters. The van der Waals surface area contributed by atoms with E-state index in [1.54, 1.807) is 0 Å². The molecule has 2 heterocycles. The predicted octanol–water partition coefficient (Wildman–Crippen LogP) is 0.915. The Balaban J connectivity index is 1.82. The van der Waals surface area contributed by atoms with Crippen molar-refractivity contribution in [2.24, 2.45) is 11.7 Å². The van der Waals surface area contributed by atoms with E-state index in [-0.39, 0.29) is 29.7 Å². The number of hydrogen-bond donors (Lipinski definition) is 2. The van der Waals surface area contributed by atoms with Crippen molar-refractivity contribution in [3.8, 4) is 5.88 Å². The highest BCUT2D eigenvalue weighted by Crippen LogP contribution is 2.39. The summed E-state index contributed by atoms with van der Waals surface area (Å²) < 4.78 is 10.7. The van der Waals surface area contributed by atoms with Gasteiger partial charge in [0.1, 0.15) is 0 Å². The highest BCUT2D eigenvalue weighted by atomic mass is 16.6. The Hall–Kier alpha value is -1.93.